The molecule has 0 aliphatic carbocycles. The zero-order valence-electron chi connectivity index (χ0n) is 12.3. The van der Waals surface area contributed by atoms with E-state index in [0.29, 0.717) is 12.0 Å². The minimum absolute atomic E-state index is 0.517. The first-order valence-corrected chi connectivity index (χ1v) is 7.57. The van der Waals surface area contributed by atoms with Crippen molar-refractivity contribution in [3.05, 3.63) is 35.9 Å². The lowest BCUT2D eigenvalue weighted by Gasteiger charge is -2.26. The van der Waals surface area contributed by atoms with Gasteiger partial charge in [0.2, 0.25) is 0 Å². The average Bonchev–Trinajstić information content (AvgIpc) is 2.41. The monoisotopic (exact) mass is 247 g/mol. The van der Waals surface area contributed by atoms with E-state index in [2.05, 4.69) is 56.4 Å². The highest BCUT2D eigenvalue weighted by Crippen LogP contribution is 2.26. The van der Waals surface area contributed by atoms with Gasteiger partial charge in [0.15, 0.2) is 0 Å². The summed E-state index contributed by atoms with van der Waals surface area (Å²) in [4.78, 5) is 0. The maximum Gasteiger partial charge on any atom is 0.0346 e. The smallest absolute Gasteiger partial charge is 0.0346 e. The minimum atomic E-state index is 0.517. The van der Waals surface area contributed by atoms with Crippen molar-refractivity contribution >= 4 is 0 Å². The largest absolute Gasteiger partial charge is 0.310 e. The van der Waals surface area contributed by atoms with Gasteiger partial charge in [-0.05, 0) is 30.9 Å². The van der Waals surface area contributed by atoms with Gasteiger partial charge in [-0.15, -0.1) is 0 Å². The highest BCUT2D eigenvalue weighted by molar-refractivity contribution is 5.19. The first kappa shape index (κ1) is 15.2. The maximum atomic E-state index is 3.71. The minimum Gasteiger partial charge on any atom is -0.310 e. The molecule has 0 aliphatic rings. The van der Waals surface area contributed by atoms with Gasteiger partial charge in [-0.1, -0.05) is 70.4 Å². The van der Waals surface area contributed by atoms with Gasteiger partial charge in [-0.3, -0.25) is 0 Å². The van der Waals surface area contributed by atoms with Gasteiger partial charge in [0.1, 0.15) is 0 Å². The molecule has 1 rings (SSSR count). The lowest BCUT2D eigenvalue weighted by atomic mass is 9.90. The van der Waals surface area contributed by atoms with E-state index < -0.39 is 0 Å². The van der Waals surface area contributed by atoms with Crippen molar-refractivity contribution in [2.45, 2.75) is 58.9 Å². The van der Waals surface area contributed by atoms with Crippen LogP contribution in [0.4, 0.5) is 0 Å². The summed E-state index contributed by atoms with van der Waals surface area (Å²) in [6, 6.07) is 11.4. The number of unbranched alkanes of at least 4 members (excludes halogenated alkanes) is 2. The van der Waals surface area contributed by atoms with Crippen molar-refractivity contribution < 1.29 is 0 Å². The van der Waals surface area contributed by atoms with Crippen molar-refractivity contribution in [3.63, 3.8) is 0 Å². The quantitative estimate of drug-likeness (QED) is 0.609. The van der Waals surface area contributed by atoms with E-state index in [1.54, 1.807) is 0 Å². The Morgan fingerprint density at radius 1 is 1.00 bits per heavy atom. The third-order valence-electron chi connectivity index (χ3n) is 3.60. The summed E-state index contributed by atoms with van der Waals surface area (Å²) < 4.78 is 0. The predicted octanol–water partition coefficient (Wildman–Crippen LogP) is 4.94. The molecule has 102 valence electrons. The number of nitrogens with one attached hydrogen (secondary N) is 1. The highest BCUT2D eigenvalue weighted by atomic mass is 14.9. The maximum absolute atomic E-state index is 3.71. The molecule has 2 atom stereocenters. The second kappa shape index (κ2) is 9.16. The van der Waals surface area contributed by atoms with Crippen LogP contribution >= 0.6 is 0 Å². The molecule has 0 saturated heterocycles. The average molecular weight is 247 g/mol. The summed E-state index contributed by atoms with van der Waals surface area (Å²) >= 11 is 0. The van der Waals surface area contributed by atoms with Crippen LogP contribution in [0.5, 0.6) is 0 Å². The normalized spacial score (nSPS) is 14.4. The molecule has 0 bridgehead atoms. The third kappa shape index (κ3) is 5.22. The first-order chi connectivity index (χ1) is 8.79. The molecule has 1 nitrogen and oxygen atoms in total. The fourth-order valence-electron chi connectivity index (χ4n) is 2.49. The summed E-state index contributed by atoms with van der Waals surface area (Å²) in [6.07, 6.45) is 6.55. The van der Waals surface area contributed by atoms with E-state index in [1.807, 2.05) is 0 Å². The topological polar surface area (TPSA) is 12.0 Å². The van der Waals surface area contributed by atoms with Gasteiger partial charge in [0.25, 0.3) is 0 Å². The van der Waals surface area contributed by atoms with Gasteiger partial charge in [0, 0.05) is 6.04 Å². The lowest BCUT2D eigenvalue weighted by Crippen LogP contribution is -2.27. The second-order valence-electron chi connectivity index (χ2n) is 5.32. The Morgan fingerprint density at radius 2 is 1.72 bits per heavy atom. The van der Waals surface area contributed by atoms with E-state index in [-0.39, 0.29) is 0 Å². The molecule has 0 saturated carbocycles. The molecule has 18 heavy (non-hydrogen) atoms. The Balaban J connectivity index is 2.59. The van der Waals surface area contributed by atoms with Crippen LogP contribution in [0.25, 0.3) is 0 Å². The van der Waals surface area contributed by atoms with Crippen LogP contribution in [0.15, 0.2) is 30.3 Å². The molecule has 0 fully saturated rings. The molecule has 1 aromatic carbocycles. The molecule has 0 aliphatic heterocycles. The summed E-state index contributed by atoms with van der Waals surface area (Å²) in [6.45, 7) is 8.00. The van der Waals surface area contributed by atoms with E-state index >= 15 is 0 Å². The van der Waals surface area contributed by atoms with E-state index in [4.69, 9.17) is 0 Å². The lowest BCUT2D eigenvalue weighted by molar-refractivity contribution is 0.355. The molecule has 0 spiro atoms. The number of hydrogen-bond donors (Lipinski definition) is 1. The summed E-state index contributed by atoms with van der Waals surface area (Å²) in [5.41, 5.74) is 1.44. The predicted molar refractivity (Wildman–Crippen MR) is 80.8 cm³/mol. The Morgan fingerprint density at radius 3 is 2.33 bits per heavy atom. The van der Waals surface area contributed by atoms with Crippen LogP contribution in [-0.2, 0) is 0 Å². The van der Waals surface area contributed by atoms with Crippen LogP contribution in [0, 0.1) is 5.92 Å². The summed E-state index contributed by atoms with van der Waals surface area (Å²) in [7, 11) is 0. The van der Waals surface area contributed by atoms with Crippen LogP contribution in [0.1, 0.15) is 64.5 Å². The molecule has 0 heterocycles. The van der Waals surface area contributed by atoms with Crippen LogP contribution in [0.2, 0.25) is 0 Å². The molecule has 0 amide bonds. The Hall–Kier alpha value is -0.820. The van der Waals surface area contributed by atoms with Gasteiger partial charge in [-0.25, -0.2) is 0 Å². The van der Waals surface area contributed by atoms with Crippen LogP contribution < -0.4 is 5.32 Å². The molecular formula is C17H29N. The fraction of sp³-hybridized carbons (Fsp3) is 0.647. The standard InChI is InChI=1S/C17H29N/c1-4-6-8-11-15(3)17(18-14-5-2)16-12-9-7-10-13-16/h7,9-10,12-13,15,17-18H,4-6,8,11,14H2,1-3H3. The van der Waals surface area contributed by atoms with Crippen molar-refractivity contribution in [1.29, 1.82) is 0 Å². The van der Waals surface area contributed by atoms with Gasteiger partial charge < -0.3 is 5.32 Å². The van der Waals surface area contributed by atoms with Crippen molar-refractivity contribution in [3.8, 4) is 0 Å². The summed E-state index contributed by atoms with van der Waals surface area (Å²) in [5.74, 6) is 0.713. The number of rotatable bonds is 9. The molecule has 0 aromatic heterocycles. The molecule has 2 unspecified atom stereocenters. The Labute approximate surface area is 113 Å². The Bertz CT molecular complexity index is 294. The van der Waals surface area contributed by atoms with E-state index in [9.17, 15) is 0 Å². The van der Waals surface area contributed by atoms with E-state index in [0.717, 1.165) is 6.54 Å². The third-order valence-corrected chi connectivity index (χ3v) is 3.60. The molecule has 1 heteroatoms. The fourth-order valence-corrected chi connectivity index (χ4v) is 2.49. The van der Waals surface area contributed by atoms with Gasteiger partial charge >= 0.3 is 0 Å². The molecule has 0 radical (unpaired) electrons. The first-order valence-electron chi connectivity index (χ1n) is 7.57. The van der Waals surface area contributed by atoms with Crippen molar-refractivity contribution in [2.75, 3.05) is 6.54 Å². The van der Waals surface area contributed by atoms with E-state index in [1.165, 1.54) is 37.7 Å². The second-order valence-corrected chi connectivity index (χ2v) is 5.32. The Kier molecular flexibility index (Phi) is 7.75. The zero-order chi connectivity index (χ0) is 13.2. The van der Waals surface area contributed by atoms with Gasteiger partial charge in [0.05, 0.1) is 0 Å². The van der Waals surface area contributed by atoms with Gasteiger partial charge in [-0.2, -0.15) is 0 Å². The SMILES string of the molecule is CCCCCC(C)C(NCCC)c1ccccc1. The van der Waals surface area contributed by atoms with Crippen LogP contribution in [0.3, 0.4) is 0 Å². The number of benzene rings is 1. The molecular weight excluding hydrogens is 218 g/mol. The molecule has 1 N–H and O–H groups in total. The van der Waals surface area contributed by atoms with Crippen molar-refractivity contribution in [1.82, 2.24) is 5.32 Å². The zero-order valence-corrected chi connectivity index (χ0v) is 12.3. The van der Waals surface area contributed by atoms with Crippen LogP contribution in [-0.4, -0.2) is 6.54 Å². The number of hydrogen-bond acceptors (Lipinski definition) is 1. The highest BCUT2D eigenvalue weighted by Gasteiger charge is 2.17. The molecule has 1 aromatic rings. The summed E-state index contributed by atoms with van der Waals surface area (Å²) in [5, 5.41) is 3.71. The van der Waals surface area contributed by atoms with Crippen molar-refractivity contribution in [2.24, 2.45) is 5.92 Å².